The van der Waals surface area contributed by atoms with Gasteiger partial charge >= 0.3 is 0 Å². The van der Waals surface area contributed by atoms with E-state index in [1.54, 1.807) is 18.3 Å². The van der Waals surface area contributed by atoms with Crippen molar-refractivity contribution < 1.29 is 26.2 Å². The second-order valence-electron chi connectivity index (χ2n) is 9.84. The third-order valence-electron chi connectivity index (χ3n) is 7.31. The Morgan fingerprint density at radius 2 is 1.40 bits per heavy atom. The van der Waals surface area contributed by atoms with Crippen molar-refractivity contribution >= 4 is 16.7 Å². The van der Waals surface area contributed by atoms with Crippen molar-refractivity contribution in [3.63, 3.8) is 0 Å². The van der Waals surface area contributed by atoms with Gasteiger partial charge in [-0.3, -0.25) is 4.98 Å². The number of fused-ring (bicyclic) bond motifs is 1. The summed E-state index contributed by atoms with van der Waals surface area (Å²) in [5.74, 6) is 0.665. The van der Waals surface area contributed by atoms with Crippen LogP contribution in [0.3, 0.4) is 0 Å². The third-order valence-corrected chi connectivity index (χ3v) is 7.31. The zero-order valence-electron chi connectivity index (χ0n) is 22.8. The van der Waals surface area contributed by atoms with Crippen molar-refractivity contribution in [3.8, 4) is 56.3 Å². The predicted octanol–water partition coefficient (Wildman–Crippen LogP) is 9.14. The topological polar surface area (TPSA) is 55.3 Å². The zero-order valence-corrected chi connectivity index (χ0v) is 25.0. The summed E-state index contributed by atoms with van der Waals surface area (Å²) in [4.78, 5) is 13.5. The predicted molar refractivity (Wildman–Crippen MR) is 167 cm³/mol. The molecule has 6 heteroatoms. The van der Waals surface area contributed by atoms with Gasteiger partial charge in [0.2, 0.25) is 5.69 Å². The van der Waals surface area contributed by atoms with E-state index < -0.39 is 0 Å². The minimum absolute atomic E-state index is 0. The number of hydrogen-bond donors (Lipinski definition) is 1. The summed E-state index contributed by atoms with van der Waals surface area (Å²) in [6, 6.07) is 44.6. The molecule has 2 heterocycles. The van der Waals surface area contributed by atoms with Crippen LogP contribution in [0.1, 0.15) is 0 Å². The van der Waals surface area contributed by atoms with Gasteiger partial charge in [0.15, 0.2) is 0 Å². The first-order valence-electron chi connectivity index (χ1n) is 13.5. The number of hydrogen-bond acceptors (Lipinski definition) is 3. The van der Waals surface area contributed by atoms with Crippen LogP contribution in [0.2, 0.25) is 0 Å². The van der Waals surface area contributed by atoms with Crippen molar-refractivity contribution in [3.05, 3.63) is 151 Å². The summed E-state index contributed by atoms with van der Waals surface area (Å²) in [5, 5.41) is 10.9. The van der Waals surface area contributed by atoms with Gasteiger partial charge in [0.25, 0.3) is 0 Å². The Kier molecular flexibility index (Phi) is 7.70. The fourth-order valence-corrected chi connectivity index (χ4v) is 5.30. The molecular weight excluding hydrogens is 712 g/mol. The molecular formula is C37H23N4OPt-. The SMILES string of the molecule is [C-]#[N+]c1ccc(-c2[c-]c(-c3ccccn3)ccc2)c2nc(-c3ccccc3O)n(-c3ccc(-c4ccccc4)cc3)c12.[Pt]. The fourth-order valence-electron chi connectivity index (χ4n) is 5.30. The maximum atomic E-state index is 10.9. The van der Waals surface area contributed by atoms with Crippen molar-refractivity contribution in [2.45, 2.75) is 0 Å². The number of phenols is 1. The molecule has 5 aromatic carbocycles. The molecule has 0 saturated carbocycles. The summed E-state index contributed by atoms with van der Waals surface area (Å²) in [6.45, 7) is 8.03. The molecule has 0 amide bonds. The average Bonchev–Trinajstić information content (AvgIpc) is 3.46. The summed E-state index contributed by atoms with van der Waals surface area (Å²) < 4.78 is 1.97. The van der Waals surface area contributed by atoms with E-state index >= 15 is 0 Å². The number of aromatic hydroxyl groups is 1. The van der Waals surface area contributed by atoms with Crippen LogP contribution in [0.5, 0.6) is 5.75 Å². The van der Waals surface area contributed by atoms with Crippen LogP contribution in [0.15, 0.2) is 134 Å². The molecule has 0 aliphatic carbocycles. The number of rotatable bonds is 5. The molecule has 0 radical (unpaired) electrons. The third kappa shape index (κ3) is 5.14. The molecule has 1 N–H and O–H groups in total. The second-order valence-corrected chi connectivity index (χ2v) is 9.84. The minimum atomic E-state index is 0. The summed E-state index contributed by atoms with van der Waals surface area (Å²) >= 11 is 0. The fraction of sp³-hybridized carbons (Fsp3) is 0. The van der Waals surface area contributed by atoms with Gasteiger partial charge in [-0.15, -0.1) is 29.8 Å². The zero-order chi connectivity index (χ0) is 28.5. The molecule has 0 aliphatic heterocycles. The van der Waals surface area contributed by atoms with Gasteiger partial charge in [-0.1, -0.05) is 90.0 Å². The number of aromatic nitrogens is 3. The number of phenolic OH excluding ortho intramolecular Hbond substituents is 1. The standard InChI is InChI=1S/C37H23N4O.Pt/c1-38-33-22-21-30(27-12-9-13-28(24-27)32-15-7-8-23-39-32)35-36(33)41(37(40-35)31-14-5-6-16-34(31)42)29-19-17-26(18-20-29)25-10-3-2-4-11-25;/h2-23,42H;/q-1;. The van der Waals surface area contributed by atoms with E-state index in [0.29, 0.717) is 28.1 Å². The Labute approximate surface area is 263 Å². The monoisotopic (exact) mass is 734 g/mol. The van der Waals surface area contributed by atoms with Crippen LogP contribution in [-0.2, 0) is 21.1 Å². The van der Waals surface area contributed by atoms with E-state index in [1.165, 1.54) is 0 Å². The molecule has 43 heavy (non-hydrogen) atoms. The van der Waals surface area contributed by atoms with Gasteiger partial charge in [0, 0.05) is 38.6 Å². The van der Waals surface area contributed by atoms with Gasteiger partial charge in [0.1, 0.15) is 11.6 Å². The van der Waals surface area contributed by atoms with E-state index in [-0.39, 0.29) is 26.8 Å². The van der Waals surface area contributed by atoms with Crippen molar-refractivity contribution in [1.29, 1.82) is 0 Å². The first-order valence-corrected chi connectivity index (χ1v) is 13.5. The minimum Gasteiger partial charge on any atom is -0.507 e. The number of para-hydroxylation sites is 1. The number of pyridine rings is 1. The second kappa shape index (κ2) is 11.9. The van der Waals surface area contributed by atoms with Gasteiger partial charge in [-0.05, 0) is 41.5 Å². The Balaban J connectivity index is 0.00000329. The Bertz CT molecular complexity index is 2100. The number of nitrogens with zero attached hydrogens (tertiary/aromatic N) is 4. The van der Waals surface area contributed by atoms with Crippen LogP contribution in [0.4, 0.5) is 5.69 Å². The van der Waals surface area contributed by atoms with E-state index in [1.807, 2.05) is 95.6 Å². The summed E-state index contributed by atoms with van der Waals surface area (Å²) in [6.07, 6.45) is 1.77. The quantitative estimate of drug-likeness (QED) is 0.180. The molecule has 7 aromatic rings. The Morgan fingerprint density at radius 1 is 0.674 bits per heavy atom. The first kappa shape index (κ1) is 27.8. The first-order chi connectivity index (χ1) is 20.7. The Morgan fingerprint density at radius 3 is 2.14 bits per heavy atom. The smallest absolute Gasteiger partial charge is 0.211 e. The summed E-state index contributed by atoms with van der Waals surface area (Å²) in [5.41, 5.74) is 8.79. The van der Waals surface area contributed by atoms with E-state index in [4.69, 9.17) is 11.6 Å². The molecule has 0 saturated heterocycles. The number of imidazole rings is 1. The van der Waals surface area contributed by atoms with Gasteiger partial charge in [-0.25, -0.2) is 9.83 Å². The molecule has 0 spiro atoms. The molecule has 0 atom stereocenters. The summed E-state index contributed by atoms with van der Waals surface area (Å²) in [7, 11) is 0. The molecule has 0 bridgehead atoms. The molecule has 0 unspecified atom stereocenters. The van der Waals surface area contributed by atoms with Crippen LogP contribution in [0, 0.1) is 12.6 Å². The van der Waals surface area contributed by atoms with Gasteiger partial charge < -0.3 is 9.67 Å². The van der Waals surface area contributed by atoms with Crippen molar-refractivity contribution in [2.24, 2.45) is 0 Å². The van der Waals surface area contributed by atoms with Crippen LogP contribution >= 0.6 is 0 Å². The molecule has 0 fully saturated rings. The molecule has 5 nitrogen and oxygen atoms in total. The molecule has 2 aromatic heterocycles. The Hall–Kier alpha value is -5.30. The normalized spacial score (nSPS) is 10.7. The number of benzene rings is 5. The van der Waals surface area contributed by atoms with E-state index in [0.717, 1.165) is 39.2 Å². The average molecular weight is 735 g/mol. The van der Waals surface area contributed by atoms with Crippen molar-refractivity contribution in [1.82, 2.24) is 14.5 Å². The molecule has 208 valence electrons. The van der Waals surface area contributed by atoms with Crippen molar-refractivity contribution in [2.75, 3.05) is 0 Å². The largest absolute Gasteiger partial charge is 0.507 e. The van der Waals surface area contributed by atoms with E-state index in [9.17, 15) is 5.11 Å². The van der Waals surface area contributed by atoms with Crippen LogP contribution < -0.4 is 0 Å². The molecule has 7 rings (SSSR count). The van der Waals surface area contributed by atoms with Gasteiger partial charge in [0.05, 0.1) is 23.2 Å². The maximum Gasteiger partial charge on any atom is 0.211 e. The van der Waals surface area contributed by atoms with Crippen LogP contribution in [-0.4, -0.2) is 19.6 Å². The van der Waals surface area contributed by atoms with E-state index in [2.05, 4.69) is 40.2 Å². The van der Waals surface area contributed by atoms with Crippen LogP contribution in [0.25, 0.3) is 66.5 Å². The maximum absolute atomic E-state index is 10.9. The molecule has 0 aliphatic rings. The van der Waals surface area contributed by atoms with Gasteiger partial charge in [-0.2, -0.15) is 0 Å².